The Bertz CT molecular complexity index is 1030. The van der Waals surface area contributed by atoms with E-state index < -0.39 is 88.6 Å². The van der Waals surface area contributed by atoms with Crippen molar-refractivity contribution in [1.82, 2.24) is 0 Å². The summed E-state index contributed by atoms with van der Waals surface area (Å²) in [6.45, 7) is 4.44. The summed E-state index contributed by atoms with van der Waals surface area (Å²) in [6, 6.07) is 0. The predicted octanol–water partition coefficient (Wildman–Crippen LogP) is 2.25. The fraction of sp³-hybridized carbons (Fsp3) is 0.708. The predicted molar refractivity (Wildman–Crippen MR) is 116 cm³/mol. The first-order valence-corrected chi connectivity index (χ1v) is 11.8. The Hall–Kier alpha value is -1.68. The van der Waals surface area contributed by atoms with Crippen molar-refractivity contribution in [2.45, 2.75) is 76.1 Å². The largest absolute Gasteiger partial charge is 0.481 e. The Labute approximate surface area is 200 Å². The summed E-state index contributed by atoms with van der Waals surface area (Å²) in [6.07, 6.45) is -4.91. The Kier molecular flexibility index (Phi) is 5.72. The average Bonchev–Trinajstić information content (AvgIpc) is 2.93. The van der Waals surface area contributed by atoms with Crippen molar-refractivity contribution in [2.24, 2.45) is 28.6 Å². The van der Waals surface area contributed by atoms with Gasteiger partial charge in [0.25, 0.3) is 0 Å². The van der Waals surface area contributed by atoms with E-state index in [1.54, 1.807) is 6.92 Å². The number of hydrogen-bond donors (Lipinski definition) is 4. The van der Waals surface area contributed by atoms with E-state index >= 15 is 8.78 Å². The normalized spacial score (nSPS) is 48.7. The molecule has 10 atom stereocenters. The zero-order valence-electron chi connectivity index (χ0n) is 19.1. The van der Waals surface area contributed by atoms with Crippen molar-refractivity contribution in [3.63, 3.8) is 0 Å². The number of carbonyl (C=O) groups is 3. The molecule has 4 N–H and O–H groups in total. The Morgan fingerprint density at radius 2 is 1.88 bits per heavy atom. The van der Waals surface area contributed by atoms with Gasteiger partial charge in [-0.1, -0.05) is 25.4 Å². The molecule has 0 aliphatic heterocycles. The summed E-state index contributed by atoms with van der Waals surface area (Å²) in [5.41, 5.74) is -7.98. The third-order valence-electron chi connectivity index (χ3n) is 9.32. The molecule has 34 heavy (non-hydrogen) atoms. The van der Waals surface area contributed by atoms with Crippen molar-refractivity contribution in [3.05, 3.63) is 22.8 Å². The molecule has 188 valence electrons. The number of aliphatic hydroxyl groups is 3. The molecule has 10 heteroatoms. The number of aliphatic carboxylic acids is 1. The van der Waals surface area contributed by atoms with Crippen LogP contribution in [0.4, 0.5) is 8.78 Å². The quantitative estimate of drug-likeness (QED) is 0.463. The highest BCUT2D eigenvalue weighted by Gasteiger charge is 2.77. The van der Waals surface area contributed by atoms with Crippen molar-refractivity contribution in [2.75, 3.05) is 0 Å². The van der Waals surface area contributed by atoms with E-state index in [1.807, 2.05) is 0 Å². The maximum atomic E-state index is 17.2. The molecule has 0 aromatic heterocycles. The van der Waals surface area contributed by atoms with Crippen molar-refractivity contribution in [1.29, 1.82) is 0 Å². The lowest BCUT2D eigenvalue weighted by atomic mass is 9.44. The van der Waals surface area contributed by atoms with Crippen LogP contribution in [0.3, 0.4) is 0 Å². The molecule has 0 saturated heterocycles. The molecule has 4 aliphatic rings. The van der Waals surface area contributed by atoms with Crippen LogP contribution in [0.25, 0.3) is 0 Å². The van der Waals surface area contributed by atoms with Crippen molar-refractivity contribution >= 4 is 29.1 Å². The molecule has 3 saturated carbocycles. The van der Waals surface area contributed by atoms with Gasteiger partial charge in [-0.05, 0) is 55.7 Å². The number of carboxylic acids is 1. The molecule has 4 rings (SSSR count). The van der Waals surface area contributed by atoms with Crippen LogP contribution < -0.4 is 0 Å². The first-order valence-electron chi connectivity index (χ1n) is 11.4. The minimum Gasteiger partial charge on any atom is -0.481 e. The Morgan fingerprint density at radius 3 is 2.47 bits per heavy atom. The van der Waals surface area contributed by atoms with E-state index in [-0.39, 0.29) is 23.4 Å². The first-order chi connectivity index (χ1) is 15.6. The molecule has 0 aromatic rings. The van der Waals surface area contributed by atoms with Gasteiger partial charge in [-0.25, -0.2) is 8.78 Å². The second-order valence-corrected chi connectivity index (χ2v) is 11.3. The monoisotopic (exact) mass is 502 g/mol. The fourth-order valence-electron chi connectivity index (χ4n) is 7.63. The van der Waals surface area contributed by atoms with Crippen LogP contribution in [0.5, 0.6) is 0 Å². The molecule has 0 radical (unpaired) electrons. The number of ketones is 2. The number of halogens is 3. The number of allylic oxidation sites excluding steroid dienone is 4. The van der Waals surface area contributed by atoms with E-state index in [1.165, 1.54) is 13.8 Å². The van der Waals surface area contributed by atoms with E-state index in [2.05, 4.69) is 0 Å². The van der Waals surface area contributed by atoms with Crippen LogP contribution in [-0.2, 0) is 14.4 Å². The topological polar surface area (TPSA) is 132 Å². The summed E-state index contributed by atoms with van der Waals surface area (Å²) >= 11 is 6.03. The van der Waals surface area contributed by atoms with Crippen LogP contribution in [0.1, 0.15) is 46.5 Å². The van der Waals surface area contributed by atoms with E-state index in [0.717, 1.165) is 12.2 Å². The Morgan fingerprint density at radius 1 is 1.26 bits per heavy atom. The lowest BCUT2D eigenvalue weighted by Crippen LogP contribution is -2.71. The van der Waals surface area contributed by atoms with Gasteiger partial charge >= 0.3 is 5.97 Å². The van der Waals surface area contributed by atoms with Crippen LogP contribution >= 0.6 is 11.6 Å². The summed E-state index contributed by atoms with van der Waals surface area (Å²) in [5, 5.41) is 41.9. The third kappa shape index (κ3) is 2.93. The Balaban J connectivity index is 1.82. The third-order valence-corrected chi connectivity index (χ3v) is 9.61. The molecule has 0 heterocycles. The lowest BCUT2D eigenvalue weighted by Gasteiger charge is -2.63. The van der Waals surface area contributed by atoms with Crippen LogP contribution in [-0.4, -0.2) is 67.6 Å². The average molecular weight is 503 g/mol. The number of carboxylic acid groups (broad SMARTS) is 1. The number of carbonyl (C=O) groups excluding carboxylic acids is 2. The molecule has 0 amide bonds. The number of fused-ring (bicyclic) bond motifs is 5. The highest BCUT2D eigenvalue weighted by Crippen LogP contribution is 2.71. The molecule has 3 fully saturated rings. The highest BCUT2D eigenvalue weighted by atomic mass is 35.5. The number of rotatable bonds is 4. The van der Waals surface area contributed by atoms with Gasteiger partial charge in [0.2, 0.25) is 0 Å². The smallest absolute Gasteiger partial charge is 0.306 e. The minimum atomic E-state index is -2.44. The molecule has 0 aromatic carbocycles. The van der Waals surface area contributed by atoms with Gasteiger partial charge in [0.15, 0.2) is 17.2 Å². The second kappa shape index (κ2) is 7.66. The van der Waals surface area contributed by atoms with Crippen LogP contribution in [0.15, 0.2) is 22.8 Å². The summed E-state index contributed by atoms with van der Waals surface area (Å²) in [5.74, 6) is -5.91. The molecule has 4 aliphatic carbocycles. The molecular formula is C24H29ClF2O7. The molecular weight excluding hydrogens is 474 g/mol. The molecule has 0 spiro atoms. The first kappa shape index (κ1) is 25.4. The molecule has 0 bridgehead atoms. The second-order valence-electron chi connectivity index (χ2n) is 10.9. The van der Waals surface area contributed by atoms with Crippen LogP contribution in [0.2, 0.25) is 0 Å². The SMILES string of the molecule is C[C@@H]1C[C@H]2[C@@H]3C[C@@H](F)C4=CC(=O)C(Cl)=C[C@]4(C)[C@@]3(F)[C@@H](O)C[C@]2(C)[C@@]1(O)C(=O)C(O)CC(=O)O. The van der Waals surface area contributed by atoms with Gasteiger partial charge < -0.3 is 20.4 Å². The van der Waals surface area contributed by atoms with E-state index in [0.29, 0.717) is 0 Å². The van der Waals surface area contributed by atoms with Crippen molar-refractivity contribution in [3.8, 4) is 0 Å². The fourth-order valence-corrected chi connectivity index (χ4v) is 7.90. The van der Waals surface area contributed by atoms with Gasteiger partial charge in [-0.3, -0.25) is 14.4 Å². The van der Waals surface area contributed by atoms with Gasteiger partial charge in [-0.15, -0.1) is 0 Å². The van der Waals surface area contributed by atoms with Crippen LogP contribution in [0, 0.1) is 28.6 Å². The zero-order chi connectivity index (χ0) is 25.6. The molecule has 7 nitrogen and oxygen atoms in total. The number of alkyl halides is 2. The van der Waals surface area contributed by atoms with Gasteiger partial charge in [0.05, 0.1) is 17.6 Å². The summed E-state index contributed by atoms with van der Waals surface area (Å²) < 4.78 is 32.6. The molecule has 1 unspecified atom stereocenters. The van der Waals surface area contributed by atoms with E-state index in [9.17, 15) is 29.7 Å². The maximum Gasteiger partial charge on any atom is 0.306 e. The lowest BCUT2D eigenvalue weighted by molar-refractivity contribution is -0.225. The van der Waals surface area contributed by atoms with Crippen molar-refractivity contribution < 1.29 is 43.6 Å². The van der Waals surface area contributed by atoms with E-state index in [4.69, 9.17) is 16.7 Å². The maximum absolute atomic E-state index is 17.2. The minimum absolute atomic E-state index is 0.0970. The van der Waals surface area contributed by atoms with Gasteiger partial charge in [-0.2, -0.15) is 0 Å². The standard InChI is InChI=1S/C24H29ClF2O7/c1-10-4-11-12-5-15(26)13-6-16(28)14(25)8-21(13,2)23(12,27)18(30)9-22(11,3)24(10,34)20(33)17(29)7-19(31)32/h6,8,10-12,15,17-18,29-30,34H,4-5,7,9H2,1-3H3,(H,31,32)/t10-,11+,12+,15-,17?,18+,21+,22+,23+,24+/m1/s1. The summed E-state index contributed by atoms with van der Waals surface area (Å²) in [4.78, 5) is 36.3. The summed E-state index contributed by atoms with van der Waals surface area (Å²) in [7, 11) is 0. The number of hydrogen-bond acceptors (Lipinski definition) is 6. The van der Waals surface area contributed by atoms with Gasteiger partial charge in [0.1, 0.15) is 17.9 Å². The van der Waals surface area contributed by atoms with Gasteiger partial charge in [0, 0.05) is 16.7 Å². The number of aliphatic hydroxyl groups excluding tert-OH is 2. The number of Topliss-reactive ketones (excluding diaryl/α,β-unsaturated/α-hetero) is 1. The zero-order valence-corrected chi connectivity index (χ0v) is 19.9. The highest BCUT2D eigenvalue weighted by molar-refractivity contribution is 6.44.